The first kappa shape index (κ1) is 20.1. The molecule has 4 nitrogen and oxygen atoms in total. The van der Waals surface area contributed by atoms with Crippen LogP contribution >= 0.6 is 11.6 Å². The maximum absolute atomic E-state index is 14.8. The summed E-state index contributed by atoms with van der Waals surface area (Å²) in [6.45, 7) is 2.31. The van der Waals surface area contributed by atoms with Crippen LogP contribution in [0, 0.1) is 12.7 Å². The van der Waals surface area contributed by atoms with E-state index in [1.165, 1.54) is 6.07 Å². The van der Waals surface area contributed by atoms with Crippen molar-refractivity contribution < 1.29 is 9.18 Å². The number of H-pyrrole nitrogens is 1. The third-order valence-electron chi connectivity index (χ3n) is 5.21. The van der Waals surface area contributed by atoms with E-state index in [2.05, 4.69) is 15.3 Å². The molecule has 1 amide bonds. The van der Waals surface area contributed by atoms with Gasteiger partial charge in [0.1, 0.15) is 5.82 Å². The van der Waals surface area contributed by atoms with E-state index in [4.69, 9.17) is 11.6 Å². The van der Waals surface area contributed by atoms with Crippen LogP contribution in [-0.4, -0.2) is 15.9 Å². The molecule has 0 aliphatic heterocycles. The predicted molar refractivity (Wildman–Crippen MR) is 117 cm³/mol. The zero-order chi connectivity index (χ0) is 21.1. The lowest BCUT2D eigenvalue weighted by Gasteiger charge is -2.19. The molecule has 4 aromatic rings. The normalized spacial score (nSPS) is 12.1. The van der Waals surface area contributed by atoms with Crippen molar-refractivity contribution in [2.75, 3.05) is 0 Å². The Labute approximate surface area is 179 Å². The summed E-state index contributed by atoms with van der Waals surface area (Å²) in [4.78, 5) is 20.0. The number of rotatable bonds is 6. The largest absolute Gasteiger partial charge is 0.361 e. The Balaban J connectivity index is 1.68. The lowest BCUT2D eigenvalue weighted by atomic mass is 9.87. The minimum absolute atomic E-state index is 0.116. The fourth-order valence-corrected chi connectivity index (χ4v) is 3.85. The van der Waals surface area contributed by atoms with Crippen LogP contribution in [-0.2, 0) is 11.3 Å². The molecule has 2 aromatic heterocycles. The van der Waals surface area contributed by atoms with E-state index in [-0.39, 0.29) is 18.1 Å². The minimum Gasteiger partial charge on any atom is -0.361 e. The van der Waals surface area contributed by atoms with E-state index >= 15 is 0 Å². The molecule has 0 aliphatic rings. The van der Waals surface area contributed by atoms with E-state index in [1.54, 1.807) is 30.6 Å². The third kappa shape index (κ3) is 4.36. The summed E-state index contributed by atoms with van der Waals surface area (Å²) in [5.74, 6) is -0.937. The van der Waals surface area contributed by atoms with Gasteiger partial charge in [0, 0.05) is 53.4 Å². The van der Waals surface area contributed by atoms with Gasteiger partial charge in [0.25, 0.3) is 0 Å². The number of aryl methyl sites for hydroxylation is 1. The average molecular weight is 422 g/mol. The number of aromatic amines is 1. The van der Waals surface area contributed by atoms with E-state index in [9.17, 15) is 9.18 Å². The second kappa shape index (κ2) is 8.67. The number of amides is 1. The van der Waals surface area contributed by atoms with Crippen molar-refractivity contribution in [3.05, 3.63) is 100 Å². The second-order valence-corrected chi connectivity index (χ2v) is 7.78. The Bertz CT molecular complexity index is 1190. The van der Waals surface area contributed by atoms with Gasteiger partial charge in [-0.15, -0.1) is 0 Å². The lowest BCUT2D eigenvalue weighted by Crippen LogP contribution is -2.25. The van der Waals surface area contributed by atoms with Crippen LogP contribution in [0.15, 0.2) is 67.1 Å². The quantitative estimate of drug-likeness (QED) is 0.431. The Morgan fingerprint density at radius 1 is 1.13 bits per heavy atom. The topological polar surface area (TPSA) is 57.8 Å². The molecule has 30 heavy (non-hydrogen) atoms. The van der Waals surface area contributed by atoms with Crippen molar-refractivity contribution in [2.24, 2.45) is 0 Å². The second-order valence-electron chi connectivity index (χ2n) is 7.35. The Morgan fingerprint density at radius 3 is 2.73 bits per heavy atom. The first-order chi connectivity index (χ1) is 14.5. The van der Waals surface area contributed by atoms with Gasteiger partial charge in [0.05, 0.1) is 0 Å². The highest BCUT2D eigenvalue weighted by atomic mass is 35.5. The molecule has 2 aromatic carbocycles. The van der Waals surface area contributed by atoms with Gasteiger partial charge in [-0.2, -0.15) is 0 Å². The summed E-state index contributed by atoms with van der Waals surface area (Å²) >= 11 is 6.21. The molecule has 0 saturated carbocycles. The van der Waals surface area contributed by atoms with Gasteiger partial charge >= 0.3 is 0 Å². The number of fused-ring (bicyclic) bond motifs is 1. The molecule has 0 saturated heterocycles. The average Bonchev–Trinajstić information content (AvgIpc) is 3.16. The summed E-state index contributed by atoms with van der Waals surface area (Å²) in [5, 5.41) is 4.41. The van der Waals surface area contributed by atoms with Gasteiger partial charge in [-0.05, 0) is 60.0 Å². The van der Waals surface area contributed by atoms with Gasteiger partial charge in [0.15, 0.2) is 0 Å². The molecule has 2 heterocycles. The number of hydrogen-bond acceptors (Lipinski definition) is 2. The summed E-state index contributed by atoms with van der Waals surface area (Å²) in [7, 11) is 0. The highest BCUT2D eigenvalue weighted by molar-refractivity contribution is 6.31. The first-order valence-corrected chi connectivity index (χ1v) is 10.1. The van der Waals surface area contributed by atoms with Crippen LogP contribution in [0.25, 0.3) is 10.9 Å². The first-order valence-electron chi connectivity index (χ1n) is 9.69. The van der Waals surface area contributed by atoms with Crippen LogP contribution in [0.5, 0.6) is 0 Å². The smallest absolute Gasteiger partial charge is 0.221 e. The number of nitrogens with one attached hydrogen (secondary N) is 2. The number of aromatic nitrogens is 2. The van der Waals surface area contributed by atoms with Crippen LogP contribution in [0.4, 0.5) is 4.39 Å². The van der Waals surface area contributed by atoms with Crippen LogP contribution in [0.3, 0.4) is 0 Å². The maximum atomic E-state index is 14.8. The van der Waals surface area contributed by atoms with Crippen LogP contribution in [0.2, 0.25) is 5.02 Å². The number of halogens is 2. The van der Waals surface area contributed by atoms with Gasteiger partial charge in [-0.1, -0.05) is 29.3 Å². The number of nitrogens with zero attached hydrogens (tertiary/aromatic N) is 1. The number of benzene rings is 2. The Morgan fingerprint density at radius 2 is 1.93 bits per heavy atom. The highest BCUT2D eigenvalue weighted by Gasteiger charge is 2.24. The van der Waals surface area contributed by atoms with E-state index in [1.807, 2.05) is 37.4 Å². The zero-order valence-corrected chi connectivity index (χ0v) is 17.2. The molecule has 0 fully saturated rings. The molecular weight excluding hydrogens is 401 g/mol. The fourth-order valence-electron chi connectivity index (χ4n) is 3.68. The van der Waals surface area contributed by atoms with E-state index < -0.39 is 5.92 Å². The predicted octanol–water partition coefficient (Wildman–Crippen LogP) is 5.50. The van der Waals surface area contributed by atoms with E-state index in [0.29, 0.717) is 17.1 Å². The van der Waals surface area contributed by atoms with Gasteiger partial charge in [-0.25, -0.2) is 4.39 Å². The van der Waals surface area contributed by atoms with Crippen molar-refractivity contribution in [3.63, 3.8) is 0 Å². The lowest BCUT2D eigenvalue weighted by molar-refractivity contribution is -0.121. The van der Waals surface area contributed by atoms with Crippen molar-refractivity contribution in [1.82, 2.24) is 15.3 Å². The van der Waals surface area contributed by atoms with Gasteiger partial charge in [0.2, 0.25) is 5.91 Å². The molecule has 0 spiro atoms. The summed E-state index contributed by atoms with van der Waals surface area (Å²) in [5.41, 5.74) is 4.12. The molecular formula is C24H21ClFN3O. The van der Waals surface area contributed by atoms with Crippen molar-refractivity contribution in [2.45, 2.75) is 25.8 Å². The van der Waals surface area contributed by atoms with Crippen molar-refractivity contribution in [1.29, 1.82) is 0 Å². The van der Waals surface area contributed by atoms with E-state index in [0.717, 1.165) is 27.6 Å². The summed E-state index contributed by atoms with van der Waals surface area (Å²) < 4.78 is 14.8. The molecule has 152 valence electrons. The standard InChI is InChI=1S/C24H21ClFN3O/c1-15-2-4-22(26)19(10-15)18(12-24(30)29-13-16-6-8-27-9-7-16)21-14-28-23-5-3-17(25)11-20(21)23/h2-11,14,18,28H,12-13H2,1H3,(H,29,30)/t18-/m0/s1. The molecule has 6 heteroatoms. The van der Waals surface area contributed by atoms with Crippen LogP contribution < -0.4 is 5.32 Å². The van der Waals surface area contributed by atoms with Gasteiger partial charge < -0.3 is 10.3 Å². The molecule has 0 unspecified atom stereocenters. The third-order valence-corrected chi connectivity index (χ3v) is 5.44. The molecule has 0 radical (unpaired) electrons. The highest BCUT2D eigenvalue weighted by Crippen LogP contribution is 2.36. The number of pyridine rings is 1. The van der Waals surface area contributed by atoms with Crippen molar-refractivity contribution >= 4 is 28.4 Å². The minimum atomic E-state index is -0.449. The zero-order valence-electron chi connectivity index (χ0n) is 16.5. The Hall–Kier alpha value is -3.18. The molecule has 0 bridgehead atoms. The molecule has 0 aliphatic carbocycles. The van der Waals surface area contributed by atoms with Gasteiger partial charge in [-0.3, -0.25) is 9.78 Å². The molecule has 4 rings (SSSR count). The number of carbonyl (C=O) groups is 1. The monoisotopic (exact) mass is 421 g/mol. The van der Waals surface area contributed by atoms with Crippen molar-refractivity contribution in [3.8, 4) is 0 Å². The Kier molecular flexibility index (Phi) is 5.81. The van der Waals surface area contributed by atoms with Crippen LogP contribution in [0.1, 0.15) is 34.6 Å². The summed E-state index contributed by atoms with van der Waals surface area (Å²) in [6, 6.07) is 14.2. The fraction of sp³-hybridized carbons (Fsp3) is 0.167. The SMILES string of the molecule is Cc1ccc(F)c([C@H](CC(=O)NCc2ccncc2)c2c[nH]c3ccc(Cl)cc23)c1. The maximum Gasteiger partial charge on any atom is 0.221 e. The molecule has 1 atom stereocenters. The molecule has 2 N–H and O–H groups in total. The number of hydrogen-bond donors (Lipinski definition) is 2. The number of carbonyl (C=O) groups excluding carboxylic acids is 1. The summed E-state index contributed by atoms with van der Waals surface area (Å²) in [6.07, 6.45) is 5.32.